The summed E-state index contributed by atoms with van der Waals surface area (Å²) in [6, 6.07) is 10.5. The van der Waals surface area contributed by atoms with Crippen molar-refractivity contribution in [1.82, 2.24) is 0 Å². The van der Waals surface area contributed by atoms with Crippen LogP contribution in [-0.2, 0) is 31.3 Å². The number of unbranched alkanes of at least 4 members (excludes halogenated alkanes) is 5. The molecular weight excluding hydrogens is 538 g/mol. The summed E-state index contributed by atoms with van der Waals surface area (Å²) in [4.78, 5) is 25.1. The van der Waals surface area contributed by atoms with E-state index in [4.69, 9.17) is 4.74 Å². The molecule has 0 aliphatic carbocycles. The fourth-order valence-electron chi connectivity index (χ4n) is 5.09. The second-order valence-electron chi connectivity index (χ2n) is 11.9. The first-order valence-electron chi connectivity index (χ1n) is 14.9. The number of benzene rings is 2. The number of sulfone groups is 1. The average molecular weight is 588 g/mol. The van der Waals surface area contributed by atoms with Crippen LogP contribution < -0.4 is 10.1 Å². The molecule has 41 heavy (non-hydrogen) atoms. The summed E-state index contributed by atoms with van der Waals surface area (Å²) in [5.74, 6) is -0.705. The summed E-state index contributed by atoms with van der Waals surface area (Å²) in [5, 5.41) is 12.3. The number of amides is 1. The van der Waals surface area contributed by atoms with E-state index in [9.17, 15) is 23.1 Å². The van der Waals surface area contributed by atoms with E-state index < -0.39 is 15.8 Å². The van der Waals surface area contributed by atoms with Gasteiger partial charge in [-0.3, -0.25) is 9.59 Å². The van der Waals surface area contributed by atoms with Crippen LogP contribution in [0.25, 0.3) is 0 Å². The molecule has 0 spiro atoms. The predicted molar refractivity (Wildman–Crippen MR) is 166 cm³/mol. The molecule has 1 unspecified atom stereocenters. The van der Waals surface area contributed by atoms with E-state index in [1.165, 1.54) is 13.5 Å². The van der Waals surface area contributed by atoms with Crippen LogP contribution in [-0.4, -0.2) is 38.3 Å². The first-order valence-corrected chi connectivity index (χ1v) is 16.5. The van der Waals surface area contributed by atoms with Crippen LogP contribution in [0.15, 0.2) is 41.3 Å². The van der Waals surface area contributed by atoms with E-state index >= 15 is 0 Å². The number of rotatable bonds is 17. The van der Waals surface area contributed by atoms with E-state index in [2.05, 4.69) is 33.0 Å². The Labute approximate surface area is 247 Å². The first kappa shape index (κ1) is 34.3. The van der Waals surface area contributed by atoms with E-state index in [1.807, 2.05) is 13.0 Å². The Morgan fingerprint density at radius 2 is 1.63 bits per heavy atom. The molecule has 0 fully saturated rings. The number of nitrogens with one attached hydrogen (secondary N) is 1. The topological polar surface area (TPSA) is 110 Å². The molecule has 8 heteroatoms. The number of aliphatic carboxylic acids is 1. The van der Waals surface area contributed by atoms with Gasteiger partial charge in [-0.1, -0.05) is 91.3 Å². The van der Waals surface area contributed by atoms with Crippen molar-refractivity contribution < 1.29 is 27.9 Å². The van der Waals surface area contributed by atoms with Gasteiger partial charge in [0.05, 0.1) is 24.2 Å². The van der Waals surface area contributed by atoms with E-state index in [0.717, 1.165) is 49.7 Å². The van der Waals surface area contributed by atoms with Gasteiger partial charge in [-0.15, -0.1) is 0 Å². The minimum Gasteiger partial charge on any atom is -0.496 e. The maximum Gasteiger partial charge on any atom is 0.307 e. The normalized spacial score (nSPS) is 12.6. The molecule has 2 aromatic rings. The summed E-state index contributed by atoms with van der Waals surface area (Å²) >= 11 is 0. The molecule has 2 aromatic carbocycles. The number of carbonyl (C=O) groups excluding carboxylic acids is 1. The number of methoxy groups -OCH3 is 1. The third-order valence-corrected chi connectivity index (χ3v) is 9.18. The molecule has 0 aromatic heterocycles. The average Bonchev–Trinajstić information content (AvgIpc) is 2.89. The standard InChI is InChI=1S/C33H49NO6S/c1-7-9-11-12-13-14-25(27-17-16-26(23-30(27)40-6)41(38,39)19-10-8-2)22-31(35)34-29-20-24(21-32(36)37)15-18-28(29)33(3,4)5/h15-18,20,23,25H,7-14,19,21-22H2,1-6H3,(H,34,35)(H,36,37). The lowest BCUT2D eigenvalue weighted by atomic mass is 9.84. The fourth-order valence-corrected chi connectivity index (χ4v) is 6.56. The third kappa shape index (κ3) is 10.8. The highest BCUT2D eigenvalue weighted by molar-refractivity contribution is 7.91. The molecule has 2 rings (SSSR count). The van der Waals surface area contributed by atoms with E-state index in [-0.39, 0.29) is 40.7 Å². The summed E-state index contributed by atoms with van der Waals surface area (Å²) in [6.07, 6.45) is 7.66. The molecule has 0 saturated carbocycles. The number of carboxylic acids is 1. The maximum atomic E-state index is 13.5. The van der Waals surface area contributed by atoms with E-state index in [1.54, 1.807) is 30.3 Å². The molecule has 2 N–H and O–H groups in total. The number of hydrogen-bond donors (Lipinski definition) is 2. The van der Waals surface area contributed by atoms with Gasteiger partial charge in [0.25, 0.3) is 0 Å². The summed E-state index contributed by atoms with van der Waals surface area (Å²) in [6.45, 7) is 10.3. The van der Waals surface area contributed by atoms with Crippen molar-refractivity contribution in [3.8, 4) is 5.75 Å². The lowest BCUT2D eigenvalue weighted by Crippen LogP contribution is -2.21. The molecule has 0 aliphatic heterocycles. The van der Waals surface area contributed by atoms with Gasteiger partial charge in [-0.2, -0.15) is 0 Å². The molecule has 0 saturated heterocycles. The van der Waals surface area contributed by atoms with Crippen LogP contribution in [0.2, 0.25) is 0 Å². The fraction of sp³-hybridized carbons (Fsp3) is 0.576. The van der Waals surface area contributed by atoms with Crippen molar-refractivity contribution in [2.75, 3.05) is 18.2 Å². The molecule has 0 bridgehead atoms. The van der Waals surface area contributed by atoms with Gasteiger partial charge >= 0.3 is 5.97 Å². The molecule has 228 valence electrons. The van der Waals surface area contributed by atoms with Crippen molar-refractivity contribution in [2.45, 2.75) is 115 Å². The Hall–Kier alpha value is -2.87. The molecule has 0 radical (unpaired) electrons. The lowest BCUT2D eigenvalue weighted by Gasteiger charge is -2.25. The number of carboxylic acid groups (broad SMARTS) is 1. The largest absolute Gasteiger partial charge is 0.496 e. The zero-order valence-corrected chi connectivity index (χ0v) is 26.5. The Morgan fingerprint density at radius 3 is 2.24 bits per heavy atom. The van der Waals surface area contributed by atoms with Crippen LogP contribution in [0.4, 0.5) is 5.69 Å². The highest BCUT2D eigenvalue weighted by Gasteiger charge is 2.25. The SMILES string of the molecule is CCCCCCCC(CC(=O)Nc1cc(CC(=O)O)ccc1C(C)(C)C)c1ccc(S(=O)(=O)CCCC)cc1OC. The summed E-state index contributed by atoms with van der Waals surface area (Å²) in [5.41, 5.74) is 2.73. The minimum absolute atomic E-state index is 0.0896. The van der Waals surface area contributed by atoms with Crippen molar-refractivity contribution in [1.29, 1.82) is 0 Å². The third-order valence-electron chi connectivity index (χ3n) is 7.38. The van der Waals surface area contributed by atoms with Crippen molar-refractivity contribution in [3.63, 3.8) is 0 Å². The Kier molecular flexibility index (Phi) is 13.4. The van der Waals surface area contributed by atoms with Crippen LogP contribution in [0.5, 0.6) is 5.75 Å². The van der Waals surface area contributed by atoms with Crippen LogP contribution in [0.3, 0.4) is 0 Å². The number of ether oxygens (including phenoxy) is 1. The van der Waals surface area contributed by atoms with Gasteiger partial charge in [-0.25, -0.2) is 8.42 Å². The zero-order chi connectivity index (χ0) is 30.6. The minimum atomic E-state index is -3.42. The zero-order valence-electron chi connectivity index (χ0n) is 25.7. The van der Waals surface area contributed by atoms with Gasteiger partial charge in [0, 0.05) is 12.1 Å². The Morgan fingerprint density at radius 1 is 0.951 bits per heavy atom. The Bertz CT molecular complexity index is 1260. The smallest absolute Gasteiger partial charge is 0.307 e. The quantitative estimate of drug-likeness (QED) is 0.184. The number of anilines is 1. The van der Waals surface area contributed by atoms with Crippen LogP contribution in [0, 0.1) is 0 Å². The molecular formula is C33H49NO6S. The molecule has 0 heterocycles. The monoisotopic (exact) mass is 587 g/mol. The van der Waals surface area contributed by atoms with Gasteiger partial charge in [0.15, 0.2) is 9.84 Å². The van der Waals surface area contributed by atoms with Crippen LogP contribution >= 0.6 is 0 Å². The lowest BCUT2D eigenvalue weighted by molar-refractivity contribution is -0.136. The van der Waals surface area contributed by atoms with Crippen LogP contribution in [0.1, 0.15) is 115 Å². The molecule has 7 nitrogen and oxygen atoms in total. The number of carbonyl (C=O) groups is 2. The molecule has 1 atom stereocenters. The second kappa shape index (κ2) is 15.9. The number of hydrogen-bond acceptors (Lipinski definition) is 5. The van der Waals surface area contributed by atoms with Crippen molar-refractivity contribution in [3.05, 3.63) is 53.1 Å². The molecule has 1 amide bonds. The summed E-state index contributed by atoms with van der Waals surface area (Å²) < 4.78 is 31.4. The second-order valence-corrected chi connectivity index (χ2v) is 14.0. The van der Waals surface area contributed by atoms with Gasteiger partial charge < -0.3 is 15.2 Å². The van der Waals surface area contributed by atoms with Gasteiger partial charge in [0.1, 0.15) is 5.75 Å². The highest BCUT2D eigenvalue weighted by atomic mass is 32.2. The Balaban J connectivity index is 2.39. The van der Waals surface area contributed by atoms with Gasteiger partial charge in [-0.05, 0) is 59.1 Å². The highest BCUT2D eigenvalue weighted by Crippen LogP contribution is 2.36. The van der Waals surface area contributed by atoms with Crippen molar-refractivity contribution in [2.24, 2.45) is 0 Å². The maximum absolute atomic E-state index is 13.5. The van der Waals surface area contributed by atoms with Gasteiger partial charge in [0.2, 0.25) is 5.91 Å². The molecule has 0 aliphatic rings. The van der Waals surface area contributed by atoms with Crippen molar-refractivity contribution >= 4 is 27.4 Å². The summed E-state index contributed by atoms with van der Waals surface area (Å²) in [7, 11) is -1.89. The van der Waals surface area contributed by atoms with E-state index in [0.29, 0.717) is 23.4 Å². The first-order chi connectivity index (χ1) is 19.3. The predicted octanol–water partition coefficient (Wildman–Crippen LogP) is 7.67.